The van der Waals surface area contributed by atoms with Crippen molar-refractivity contribution in [3.05, 3.63) is 95.6 Å². The third-order valence-corrected chi connectivity index (χ3v) is 6.85. The van der Waals surface area contributed by atoms with Gasteiger partial charge in [-0.1, -0.05) is 66.7 Å². The van der Waals surface area contributed by atoms with Crippen LogP contribution in [0.4, 0.5) is 11.4 Å². The lowest BCUT2D eigenvalue weighted by Crippen LogP contribution is -2.43. The van der Waals surface area contributed by atoms with Crippen LogP contribution in [0.3, 0.4) is 0 Å². The smallest absolute Gasteiger partial charge is 0.247 e. The number of nitrogens with zero attached hydrogens (tertiary/aromatic N) is 1. The summed E-state index contributed by atoms with van der Waals surface area (Å²) in [5.41, 5.74) is 4.52. The fraction of sp³-hybridized carbons (Fsp3) is 0.258. The zero-order chi connectivity index (χ0) is 25.6. The minimum Gasteiger partial charge on any atom is -0.330 e. The molecule has 1 aliphatic carbocycles. The Balaban J connectivity index is 1.14. The molecule has 2 N–H and O–H groups in total. The molecule has 1 saturated heterocycles. The summed E-state index contributed by atoms with van der Waals surface area (Å²) in [5, 5.41) is 5.92. The Bertz CT molecular complexity index is 1280. The van der Waals surface area contributed by atoms with E-state index in [-0.39, 0.29) is 23.6 Å². The van der Waals surface area contributed by atoms with Crippen molar-refractivity contribution in [1.29, 1.82) is 0 Å². The first-order valence-corrected chi connectivity index (χ1v) is 12.9. The zero-order valence-electron chi connectivity index (χ0n) is 20.7. The van der Waals surface area contributed by atoms with Crippen LogP contribution in [0.25, 0.3) is 12.2 Å². The van der Waals surface area contributed by atoms with Crippen molar-refractivity contribution in [2.24, 2.45) is 5.92 Å². The zero-order valence-corrected chi connectivity index (χ0v) is 20.7. The van der Waals surface area contributed by atoms with Crippen LogP contribution in [0.1, 0.15) is 42.4 Å². The number of hydrogen-bond acceptors (Lipinski definition) is 3. The minimum atomic E-state index is -0.437. The number of amides is 3. The molecule has 0 bridgehead atoms. The maximum absolute atomic E-state index is 13.0. The van der Waals surface area contributed by atoms with Crippen LogP contribution in [-0.4, -0.2) is 35.2 Å². The van der Waals surface area contributed by atoms with Crippen LogP contribution in [-0.2, 0) is 20.8 Å². The first-order chi connectivity index (χ1) is 18.0. The predicted octanol–water partition coefficient (Wildman–Crippen LogP) is 5.38. The molecule has 6 nitrogen and oxygen atoms in total. The van der Waals surface area contributed by atoms with Crippen LogP contribution in [0, 0.1) is 5.92 Å². The second-order valence-electron chi connectivity index (χ2n) is 9.74. The molecule has 5 rings (SSSR count). The molecule has 1 saturated carbocycles. The maximum atomic E-state index is 13.0. The van der Waals surface area contributed by atoms with Gasteiger partial charge in [0.15, 0.2) is 0 Å². The normalized spacial score (nSPS) is 17.1. The van der Waals surface area contributed by atoms with Crippen LogP contribution in [0.5, 0.6) is 0 Å². The third-order valence-electron chi connectivity index (χ3n) is 6.85. The van der Waals surface area contributed by atoms with Crippen molar-refractivity contribution in [1.82, 2.24) is 4.90 Å². The van der Waals surface area contributed by atoms with Gasteiger partial charge in [0.1, 0.15) is 6.04 Å². The molecule has 6 heteroatoms. The molecule has 1 heterocycles. The van der Waals surface area contributed by atoms with E-state index in [4.69, 9.17) is 0 Å². The van der Waals surface area contributed by atoms with E-state index < -0.39 is 6.04 Å². The number of carbonyl (C=O) groups is 3. The van der Waals surface area contributed by atoms with Gasteiger partial charge in [-0.05, 0) is 66.6 Å². The third kappa shape index (κ3) is 6.53. The van der Waals surface area contributed by atoms with E-state index in [1.807, 2.05) is 91.0 Å². The topological polar surface area (TPSA) is 78.5 Å². The van der Waals surface area contributed by atoms with Gasteiger partial charge in [-0.3, -0.25) is 14.4 Å². The summed E-state index contributed by atoms with van der Waals surface area (Å²) in [4.78, 5) is 39.4. The summed E-state index contributed by atoms with van der Waals surface area (Å²) < 4.78 is 0. The molecule has 0 unspecified atom stereocenters. The van der Waals surface area contributed by atoms with Crippen LogP contribution in [0.2, 0.25) is 0 Å². The van der Waals surface area contributed by atoms with Crippen molar-refractivity contribution in [2.75, 3.05) is 17.2 Å². The number of anilines is 2. The molecule has 1 atom stereocenters. The predicted molar refractivity (Wildman–Crippen MR) is 147 cm³/mol. The summed E-state index contributed by atoms with van der Waals surface area (Å²) in [6.07, 6.45) is 7.81. The van der Waals surface area contributed by atoms with Crippen LogP contribution >= 0.6 is 0 Å². The Morgan fingerprint density at radius 3 is 1.86 bits per heavy atom. The summed E-state index contributed by atoms with van der Waals surface area (Å²) in [6, 6.07) is 24.6. The van der Waals surface area contributed by atoms with E-state index in [0.29, 0.717) is 25.1 Å². The van der Waals surface area contributed by atoms with E-state index >= 15 is 0 Å². The Labute approximate surface area is 217 Å². The molecule has 0 aromatic heterocycles. The van der Waals surface area contributed by atoms with Gasteiger partial charge in [-0.25, -0.2) is 0 Å². The van der Waals surface area contributed by atoms with E-state index in [9.17, 15) is 14.4 Å². The second kappa shape index (κ2) is 11.2. The Kier molecular flexibility index (Phi) is 7.45. The second-order valence-corrected chi connectivity index (χ2v) is 9.74. The molecule has 188 valence electrons. The summed E-state index contributed by atoms with van der Waals surface area (Å²) in [6.45, 7) is 0.612. The van der Waals surface area contributed by atoms with Crippen molar-refractivity contribution in [3.63, 3.8) is 0 Å². The SMILES string of the molecule is O=C(Nc1ccc(/C=C/c2ccc(NC(=O)[C@@H]3CCCN3C(=O)Cc3ccccc3)cc2)cc1)C1CC1. The number of nitrogens with one attached hydrogen (secondary N) is 2. The highest BCUT2D eigenvalue weighted by Gasteiger charge is 2.34. The van der Waals surface area contributed by atoms with Gasteiger partial charge in [0.2, 0.25) is 17.7 Å². The maximum Gasteiger partial charge on any atom is 0.247 e. The lowest BCUT2D eigenvalue weighted by Gasteiger charge is -2.24. The highest BCUT2D eigenvalue weighted by molar-refractivity contribution is 5.98. The number of benzene rings is 3. The van der Waals surface area contributed by atoms with Gasteiger partial charge in [-0.15, -0.1) is 0 Å². The van der Waals surface area contributed by atoms with E-state index in [0.717, 1.165) is 41.6 Å². The Morgan fingerprint density at radius 2 is 1.30 bits per heavy atom. The molecule has 0 spiro atoms. The quantitative estimate of drug-likeness (QED) is 0.414. The monoisotopic (exact) mass is 493 g/mol. The molecule has 37 heavy (non-hydrogen) atoms. The van der Waals surface area contributed by atoms with Crippen LogP contribution in [0.15, 0.2) is 78.9 Å². The van der Waals surface area contributed by atoms with E-state index in [1.54, 1.807) is 4.90 Å². The summed E-state index contributed by atoms with van der Waals surface area (Å²) >= 11 is 0. The average molecular weight is 494 g/mol. The molecule has 3 aromatic carbocycles. The van der Waals surface area contributed by atoms with Gasteiger partial charge in [-0.2, -0.15) is 0 Å². The Hall–Kier alpha value is -4.19. The van der Waals surface area contributed by atoms with Crippen molar-refractivity contribution < 1.29 is 14.4 Å². The number of likely N-dealkylation sites (tertiary alicyclic amines) is 1. The molecule has 0 radical (unpaired) electrons. The van der Waals surface area contributed by atoms with Crippen molar-refractivity contribution in [3.8, 4) is 0 Å². The fourth-order valence-corrected chi connectivity index (χ4v) is 4.57. The molecule has 3 amide bonds. The highest BCUT2D eigenvalue weighted by Crippen LogP contribution is 2.30. The standard InChI is InChI=1S/C31H31N3O3/c35-29(21-24-5-2-1-3-6-24)34-20-4-7-28(34)31(37)33-27-18-12-23(13-19-27)9-8-22-10-16-26(17-11-22)32-30(36)25-14-15-25/h1-3,5-6,8-13,16-19,25,28H,4,7,14-15,20-21H2,(H,32,36)(H,33,37)/b9-8+/t28-/m0/s1. The van der Waals surface area contributed by atoms with E-state index in [2.05, 4.69) is 10.6 Å². The Morgan fingerprint density at radius 1 is 0.730 bits per heavy atom. The van der Waals surface area contributed by atoms with Gasteiger partial charge in [0.05, 0.1) is 6.42 Å². The first kappa shape index (κ1) is 24.5. The molecular weight excluding hydrogens is 462 g/mol. The van der Waals surface area contributed by atoms with Crippen molar-refractivity contribution >= 4 is 41.2 Å². The number of hydrogen-bond donors (Lipinski definition) is 2. The molecule has 3 aromatic rings. The lowest BCUT2D eigenvalue weighted by molar-refractivity contribution is -0.136. The van der Waals surface area contributed by atoms with Crippen molar-refractivity contribution in [2.45, 2.75) is 38.1 Å². The molecule has 2 aliphatic rings. The van der Waals surface area contributed by atoms with E-state index in [1.165, 1.54) is 0 Å². The molecular formula is C31H31N3O3. The fourth-order valence-electron chi connectivity index (χ4n) is 4.57. The van der Waals surface area contributed by atoms with Crippen LogP contribution < -0.4 is 10.6 Å². The minimum absolute atomic E-state index is 0.0114. The number of rotatable bonds is 8. The number of carbonyl (C=O) groups excluding carboxylic acids is 3. The largest absolute Gasteiger partial charge is 0.330 e. The lowest BCUT2D eigenvalue weighted by atomic mass is 10.1. The molecule has 2 fully saturated rings. The summed E-state index contributed by atoms with van der Waals surface area (Å²) in [5.74, 6) is 0.139. The average Bonchev–Trinajstić information content (AvgIpc) is 3.65. The van der Waals surface area contributed by atoms with Gasteiger partial charge in [0, 0.05) is 23.8 Å². The first-order valence-electron chi connectivity index (χ1n) is 12.9. The molecule has 1 aliphatic heterocycles. The van der Waals surface area contributed by atoms with Gasteiger partial charge >= 0.3 is 0 Å². The highest BCUT2D eigenvalue weighted by atomic mass is 16.2. The van der Waals surface area contributed by atoms with Gasteiger partial charge in [0.25, 0.3) is 0 Å². The van der Waals surface area contributed by atoms with Gasteiger partial charge < -0.3 is 15.5 Å². The summed E-state index contributed by atoms with van der Waals surface area (Å²) in [7, 11) is 0.